The van der Waals surface area contributed by atoms with Crippen molar-refractivity contribution in [3.8, 4) is 11.4 Å². The molecule has 174 valence electrons. The molecule has 1 aliphatic rings. The number of rotatable bonds is 4. The molecule has 7 nitrogen and oxygen atoms in total. The number of amidine groups is 2. The summed E-state index contributed by atoms with van der Waals surface area (Å²) in [6, 6.07) is 16.1. The Labute approximate surface area is 199 Å². The van der Waals surface area contributed by atoms with Gasteiger partial charge in [-0.1, -0.05) is 24.3 Å². The maximum absolute atomic E-state index is 7.98. The Balaban J connectivity index is 1.58. The van der Waals surface area contributed by atoms with E-state index in [0.29, 0.717) is 5.84 Å². The molecule has 0 saturated carbocycles. The van der Waals surface area contributed by atoms with Gasteiger partial charge in [0.1, 0.15) is 23.5 Å². The summed E-state index contributed by atoms with van der Waals surface area (Å²) in [5.74, 6) is 2.43. The van der Waals surface area contributed by atoms with Gasteiger partial charge in [-0.15, -0.1) is 0 Å². The van der Waals surface area contributed by atoms with Crippen LogP contribution in [0.25, 0.3) is 27.5 Å². The molecule has 0 radical (unpaired) electrons. The van der Waals surface area contributed by atoms with Gasteiger partial charge in [-0.25, -0.2) is 4.98 Å². The van der Waals surface area contributed by atoms with Crippen molar-refractivity contribution in [2.24, 2.45) is 5.73 Å². The first-order valence-corrected chi connectivity index (χ1v) is 11.7. The number of nitrogen functional groups attached to an aromatic ring is 1. The minimum absolute atomic E-state index is 0.0609. The van der Waals surface area contributed by atoms with Crippen molar-refractivity contribution in [2.45, 2.75) is 39.7 Å². The van der Waals surface area contributed by atoms with E-state index in [2.05, 4.69) is 34.6 Å². The highest BCUT2D eigenvalue weighted by Crippen LogP contribution is 2.33. The van der Waals surface area contributed by atoms with Crippen LogP contribution >= 0.6 is 0 Å². The molecule has 0 atom stereocenters. The van der Waals surface area contributed by atoms with Crippen LogP contribution in [-0.2, 0) is 0 Å². The van der Waals surface area contributed by atoms with Gasteiger partial charge in [0, 0.05) is 42.9 Å². The van der Waals surface area contributed by atoms with E-state index in [1.54, 1.807) is 0 Å². The highest BCUT2D eigenvalue weighted by Gasteiger charge is 2.22. The quantitative estimate of drug-likeness (QED) is 0.301. The summed E-state index contributed by atoms with van der Waals surface area (Å²) in [7, 11) is 0. The summed E-state index contributed by atoms with van der Waals surface area (Å²) in [5, 5.41) is 17.8. The van der Waals surface area contributed by atoms with Gasteiger partial charge in [-0.3, -0.25) is 15.4 Å². The van der Waals surface area contributed by atoms with E-state index in [1.807, 2.05) is 44.2 Å². The maximum atomic E-state index is 7.98. The van der Waals surface area contributed by atoms with E-state index in [1.165, 1.54) is 0 Å². The normalized spacial score (nSPS) is 14.6. The number of nitrogens with two attached hydrogens (primary N) is 1. The molecule has 1 aromatic heterocycles. The van der Waals surface area contributed by atoms with E-state index in [9.17, 15) is 0 Å². The molecule has 4 aromatic rings. The molecule has 1 saturated heterocycles. The molecular formula is C27H30N6O. The fourth-order valence-corrected chi connectivity index (χ4v) is 5.02. The van der Waals surface area contributed by atoms with Crippen molar-refractivity contribution < 1.29 is 4.74 Å². The summed E-state index contributed by atoms with van der Waals surface area (Å²) >= 11 is 0. The first kappa shape index (κ1) is 21.9. The summed E-state index contributed by atoms with van der Waals surface area (Å²) in [6.07, 6.45) is 1.95. The minimum Gasteiger partial charge on any atom is -0.490 e. The lowest BCUT2D eigenvalue weighted by Gasteiger charge is -2.32. The Kier molecular flexibility index (Phi) is 5.48. The maximum Gasteiger partial charge on any atom is 0.123 e. The highest BCUT2D eigenvalue weighted by molar-refractivity contribution is 6.10. The van der Waals surface area contributed by atoms with Gasteiger partial charge in [0.2, 0.25) is 0 Å². The number of likely N-dealkylation sites (tertiary alicyclic amines) is 1. The van der Waals surface area contributed by atoms with Gasteiger partial charge < -0.3 is 15.4 Å². The molecule has 1 aliphatic heterocycles. The molecule has 0 spiro atoms. The fraction of sp³-hybridized carbons (Fsp3) is 0.296. The van der Waals surface area contributed by atoms with E-state index >= 15 is 0 Å². The number of ether oxygens (including phenoxy) is 1. The second-order valence-electron chi connectivity index (χ2n) is 9.08. The molecule has 1 fully saturated rings. The molecule has 34 heavy (non-hydrogen) atoms. The van der Waals surface area contributed by atoms with Crippen molar-refractivity contribution in [3.05, 3.63) is 65.5 Å². The lowest BCUT2D eigenvalue weighted by atomic mass is 10.0. The van der Waals surface area contributed by atoms with Crippen LogP contribution in [0.1, 0.15) is 36.7 Å². The van der Waals surface area contributed by atoms with Crippen LogP contribution in [0.3, 0.4) is 0 Å². The van der Waals surface area contributed by atoms with Crippen molar-refractivity contribution in [1.82, 2.24) is 14.5 Å². The van der Waals surface area contributed by atoms with E-state index in [0.717, 1.165) is 76.1 Å². The van der Waals surface area contributed by atoms with Gasteiger partial charge in [-0.05, 0) is 49.9 Å². The van der Waals surface area contributed by atoms with Crippen LogP contribution in [0.5, 0.6) is 5.75 Å². The van der Waals surface area contributed by atoms with Crippen molar-refractivity contribution in [3.63, 3.8) is 0 Å². The van der Waals surface area contributed by atoms with Gasteiger partial charge in [0.05, 0.1) is 22.6 Å². The summed E-state index contributed by atoms with van der Waals surface area (Å²) < 4.78 is 8.60. The standard InChI is InChI=1S/C27H30N6O/c1-16-14-20(34-19-10-12-32(13-11-19)17(2)28)15-25-26(16)31-18(3)33(25)24-9-8-23(27(29)30)21-6-4-5-7-22(21)24/h4-9,14-15,19,28H,10-13H2,1-3H3,(H3,29,30). The Morgan fingerprint density at radius 3 is 2.41 bits per heavy atom. The summed E-state index contributed by atoms with van der Waals surface area (Å²) in [5.41, 5.74) is 10.6. The van der Waals surface area contributed by atoms with E-state index in [-0.39, 0.29) is 11.9 Å². The van der Waals surface area contributed by atoms with Crippen molar-refractivity contribution >= 4 is 33.5 Å². The number of aromatic nitrogens is 2. The fourth-order valence-electron chi connectivity index (χ4n) is 5.02. The zero-order valence-corrected chi connectivity index (χ0v) is 19.9. The second kappa shape index (κ2) is 8.48. The van der Waals surface area contributed by atoms with Crippen molar-refractivity contribution in [2.75, 3.05) is 13.1 Å². The van der Waals surface area contributed by atoms with Crippen LogP contribution in [0.2, 0.25) is 0 Å². The van der Waals surface area contributed by atoms with Crippen LogP contribution < -0.4 is 10.5 Å². The molecule has 0 amide bonds. The van der Waals surface area contributed by atoms with Gasteiger partial charge in [0.15, 0.2) is 0 Å². The Morgan fingerprint density at radius 1 is 1.03 bits per heavy atom. The van der Waals surface area contributed by atoms with E-state index in [4.69, 9.17) is 26.3 Å². The first-order valence-electron chi connectivity index (χ1n) is 11.7. The monoisotopic (exact) mass is 454 g/mol. The third kappa shape index (κ3) is 3.77. The third-order valence-corrected chi connectivity index (χ3v) is 6.74. The van der Waals surface area contributed by atoms with Crippen LogP contribution in [0, 0.1) is 24.7 Å². The third-order valence-electron chi connectivity index (χ3n) is 6.74. The van der Waals surface area contributed by atoms with Gasteiger partial charge in [-0.2, -0.15) is 0 Å². The zero-order chi connectivity index (χ0) is 24.0. The van der Waals surface area contributed by atoms with Crippen LogP contribution in [0.4, 0.5) is 0 Å². The number of nitrogens with zero attached hydrogens (tertiary/aromatic N) is 3. The number of imidazole rings is 1. The average Bonchev–Trinajstić information content (AvgIpc) is 3.14. The topological polar surface area (TPSA) is 104 Å². The number of hydrogen-bond acceptors (Lipinski definition) is 4. The molecule has 0 bridgehead atoms. The molecular weight excluding hydrogens is 424 g/mol. The largest absolute Gasteiger partial charge is 0.490 e. The van der Waals surface area contributed by atoms with Gasteiger partial charge >= 0.3 is 0 Å². The molecule has 7 heteroatoms. The Morgan fingerprint density at radius 2 is 1.74 bits per heavy atom. The lowest BCUT2D eigenvalue weighted by Crippen LogP contribution is -2.40. The first-order chi connectivity index (χ1) is 16.3. The number of hydrogen-bond donors (Lipinski definition) is 3. The molecule has 0 aliphatic carbocycles. The average molecular weight is 455 g/mol. The van der Waals surface area contributed by atoms with Crippen LogP contribution in [0.15, 0.2) is 48.5 Å². The number of piperidine rings is 1. The predicted octanol–water partition coefficient (Wildman–Crippen LogP) is 4.92. The molecule has 2 heterocycles. The van der Waals surface area contributed by atoms with Crippen molar-refractivity contribution in [1.29, 1.82) is 10.8 Å². The smallest absolute Gasteiger partial charge is 0.123 e. The molecule has 3 aromatic carbocycles. The Hall–Kier alpha value is -3.87. The number of fused-ring (bicyclic) bond motifs is 2. The zero-order valence-electron chi connectivity index (χ0n) is 19.9. The predicted molar refractivity (Wildman–Crippen MR) is 138 cm³/mol. The summed E-state index contributed by atoms with van der Waals surface area (Å²) in [6.45, 7) is 7.64. The molecule has 0 unspecified atom stereocenters. The molecule has 5 rings (SSSR count). The molecule has 4 N–H and O–H groups in total. The lowest BCUT2D eigenvalue weighted by molar-refractivity contribution is 0.130. The Bertz CT molecular complexity index is 1430. The SMILES string of the molecule is CC(=N)N1CCC(Oc2cc(C)c3nc(C)n(-c4ccc(C(=N)N)c5ccccc45)c3c2)CC1. The number of benzene rings is 3. The number of nitrogens with one attached hydrogen (secondary N) is 2. The van der Waals surface area contributed by atoms with Crippen LogP contribution in [-0.4, -0.2) is 45.3 Å². The minimum atomic E-state index is 0.0609. The number of aryl methyl sites for hydroxylation is 2. The highest BCUT2D eigenvalue weighted by atomic mass is 16.5. The second-order valence-corrected chi connectivity index (χ2v) is 9.08. The van der Waals surface area contributed by atoms with Gasteiger partial charge in [0.25, 0.3) is 0 Å². The van der Waals surface area contributed by atoms with E-state index < -0.39 is 0 Å². The summed E-state index contributed by atoms with van der Waals surface area (Å²) in [4.78, 5) is 6.98.